The van der Waals surface area contributed by atoms with E-state index >= 15 is 0 Å². The zero-order valence-electron chi connectivity index (χ0n) is 6.34. The maximum Gasteiger partial charge on any atom is 0.248 e. The number of likely N-dealkylation sites (tertiary alicyclic amines) is 1. The summed E-state index contributed by atoms with van der Waals surface area (Å²) in [4.78, 5) is 12.6. The van der Waals surface area contributed by atoms with Gasteiger partial charge in [-0.1, -0.05) is 0 Å². The van der Waals surface area contributed by atoms with Gasteiger partial charge in [-0.3, -0.25) is 4.79 Å². The van der Waals surface area contributed by atoms with Crippen LogP contribution >= 0.6 is 0 Å². The molecular weight excluding hydrogens is 144 g/mol. The first-order valence-electron chi connectivity index (χ1n) is 3.85. The number of carbonyl (C=O) groups is 1. The van der Waals surface area contributed by atoms with Crippen LogP contribution in [0.2, 0.25) is 0 Å². The number of aliphatic hydroxyl groups is 1. The molecule has 2 fully saturated rings. The molecule has 0 aromatic carbocycles. The van der Waals surface area contributed by atoms with Crippen LogP contribution in [0.4, 0.5) is 0 Å². The Kier molecular flexibility index (Phi) is 1.40. The third kappa shape index (κ3) is 0.937. The van der Waals surface area contributed by atoms with E-state index in [4.69, 9.17) is 5.11 Å². The summed E-state index contributed by atoms with van der Waals surface area (Å²) in [6.07, 6.45) is 0. The minimum absolute atomic E-state index is 0.137. The second-order valence-corrected chi connectivity index (χ2v) is 3.51. The van der Waals surface area contributed by atoms with Gasteiger partial charge in [-0.15, -0.1) is 0 Å². The normalized spacial score (nSPS) is 26.1. The van der Waals surface area contributed by atoms with E-state index in [0.717, 1.165) is 26.2 Å². The Morgan fingerprint density at radius 1 is 1.55 bits per heavy atom. The highest BCUT2D eigenvalue weighted by Crippen LogP contribution is 2.33. The molecule has 0 aromatic heterocycles. The lowest BCUT2D eigenvalue weighted by Crippen LogP contribution is -2.72. The van der Waals surface area contributed by atoms with Crippen molar-refractivity contribution >= 4 is 5.91 Å². The molecule has 0 radical (unpaired) electrons. The van der Waals surface area contributed by atoms with Crippen molar-refractivity contribution in [3.05, 3.63) is 0 Å². The number of nitrogens with zero attached hydrogens (tertiary/aromatic N) is 1. The van der Waals surface area contributed by atoms with E-state index in [9.17, 15) is 4.79 Å². The summed E-state index contributed by atoms with van der Waals surface area (Å²) < 4.78 is 0. The van der Waals surface area contributed by atoms with Gasteiger partial charge in [0.05, 0.1) is 0 Å². The van der Waals surface area contributed by atoms with Gasteiger partial charge in [-0.2, -0.15) is 0 Å². The van der Waals surface area contributed by atoms with E-state index in [1.54, 1.807) is 4.90 Å². The molecule has 1 amide bonds. The molecule has 4 nitrogen and oxygen atoms in total. The summed E-state index contributed by atoms with van der Waals surface area (Å²) in [6.45, 7) is 3.38. The predicted octanol–water partition coefficient (Wildman–Crippen LogP) is -1.59. The highest BCUT2D eigenvalue weighted by molar-refractivity contribution is 5.78. The van der Waals surface area contributed by atoms with E-state index in [1.807, 2.05) is 0 Å². The van der Waals surface area contributed by atoms with Gasteiger partial charge in [0.2, 0.25) is 5.91 Å². The molecule has 0 bridgehead atoms. The molecule has 2 saturated heterocycles. The molecule has 2 aliphatic heterocycles. The minimum atomic E-state index is -0.344. The van der Waals surface area contributed by atoms with E-state index in [-0.39, 0.29) is 12.5 Å². The van der Waals surface area contributed by atoms with Crippen LogP contribution < -0.4 is 5.32 Å². The smallest absolute Gasteiger partial charge is 0.248 e. The second-order valence-electron chi connectivity index (χ2n) is 3.51. The first-order chi connectivity index (χ1) is 5.26. The zero-order valence-corrected chi connectivity index (χ0v) is 6.34. The lowest BCUT2D eigenvalue weighted by Gasteiger charge is -2.55. The molecule has 2 rings (SSSR count). The maximum absolute atomic E-state index is 10.9. The van der Waals surface area contributed by atoms with Crippen molar-refractivity contribution < 1.29 is 9.90 Å². The molecule has 0 aromatic rings. The summed E-state index contributed by atoms with van der Waals surface area (Å²) >= 11 is 0. The topological polar surface area (TPSA) is 52.6 Å². The monoisotopic (exact) mass is 156 g/mol. The van der Waals surface area contributed by atoms with Crippen molar-refractivity contribution in [3.8, 4) is 0 Å². The van der Waals surface area contributed by atoms with Crippen molar-refractivity contribution in [3.63, 3.8) is 0 Å². The van der Waals surface area contributed by atoms with Gasteiger partial charge in [0, 0.05) is 31.6 Å². The van der Waals surface area contributed by atoms with Crippen LogP contribution in [0.5, 0.6) is 0 Å². The van der Waals surface area contributed by atoms with Gasteiger partial charge in [0.25, 0.3) is 0 Å². The minimum Gasteiger partial charge on any atom is -0.387 e. The molecule has 0 saturated carbocycles. The standard InChI is InChI=1S/C7H12N2O2/c10-1-6(11)9-4-7(5-9)2-8-3-7/h8,10H,1-5H2. The lowest BCUT2D eigenvalue weighted by molar-refractivity contribution is -0.149. The van der Waals surface area contributed by atoms with Crippen molar-refractivity contribution in [2.24, 2.45) is 5.41 Å². The molecule has 2 N–H and O–H groups in total. The zero-order chi connectivity index (χ0) is 7.90. The van der Waals surface area contributed by atoms with Crippen LogP contribution in [-0.2, 0) is 4.79 Å². The van der Waals surface area contributed by atoms with Crippen molar-refractivity contribution in [1.82, 2.24) is 10.2 Å². The summed E-state index contributed by atoms with van der Waals surface area (Å²) in [7, 11) is 0. The van der Waals surface area contributed by atoms with Gasteiger partial charge in [0.1, 0.15) is 6.61 Å². The molecule has 0 aliphatic carbocycles. The summed E-state index contributed by atoms with van der Waals surface area (Å²) in [6, 6.07) is 0. The number of hydrogen-bond donors (Lipinski definition) is 2. The van der Waals surface area contributed by atoms with Crippen LogP contribution in [0.1, 0.15) is 0 Å². The molecule has 2 aliphatic rings. The quantitative estimate of drug-likeness (QED) is 0.481. The van der Waals surface area contributed by atoms with Crippen LogP contribution in [0.3, 0.4) is 0 Å². The van der Waals surface area contributed by atoms with Gasteiger partial charge < -0.3 is 15.3 Å². The Labute approximate surface area is 65.2 Å². The van der Waals surface area contributed by atoms with Crippen molar-refractivity contribution in [2.45, 2.75) is 0 Å². The summed E-state index contributed by atoms with van der Waals surface area (Å²) in [5, 5.41) is 11.7. The fourth-order valence-corrected chi connectivity index (χ4v) is 1.74. The second kappa shape index (κ2) is 2.19. The molecule has 1 spiro atoms. The Bertz CT molecular complexity index is 181. The Morgan fingerprint density at radius 3 is 2.55 bits per heavy atom. The van der Waals surface area contributed by atoms with Crippen molar-refractivity contribution in [2.75, 3.05) is 32.8 Å². The van der Waals surface area contributed by atoms with Crippen molar-refractivity contribution in [1.29, 1.82) is 0 Å². The number of hydrogen-bond acceptors (Lipinski definition) is 3. The molecule has 11 heavy (non-hydrogen) atoms. The molecule has 62 valence electrons. The first-order valence-corrected chi connectivity index (χ1v) is 3.85. The molecular formula is C7H12N2O2. The average Bonchev–Trinajstić information content (AvgIpc) is 1.81. The summed E-state index contributed by atoms with van der Waals surface area (Å²) in [5.74, 6) is -0.137. The molecule has 0 unspecified atom stereocenters. The van der Waals surface area contributed by atoms with Crippen LogP contribution in [0.15, 0.2) is 0 Å². The van der Waals surface area contributed by atoms with Gasteiger partial charge in [0.15, 0.2) is 0 Å². The molecule has 2 heterocycles. The number of aliphatic hydroxyl groups excluding tert-OH is 1. The third-order valence-electron chi connectivity index (χ3n) is 2.54. The highest BCUT2D eigenvalue weighted by atomic mass is 16.3. The van der Waals surface area contributed by atoms with E-state index in [1.165, 1.54) is 0 Å². The first kappa shape index (κ1) is 7.06. The number of amides is 1. The Balaban J connectivity index is 1.83. The lowest BCUT2D eigenvalue weighted by atomic mass is 9.74. The SMILES string of the molecule is O=C(CO)N1CC2(CNC2)C1. The largest absolute Gasteiger partial charge is 0.387 e. The Morgan fingerprint density at radius 2 is 2.18 bits per heavy atom. The van der Waals surface area contributed by atoms with Gasteiger partial charge in [-0.05, 0) is 0 Å². The number of rotatable bonds is 1. The Hall–Kier alpha value is -0.610. The fourth-order valence-electron chi connectivity index (χ4n) is 1.74. The average molecular weight is 156 g/mol. The predicted molar refractivity (Wildman–Crippen MR) is 39.0 cm³/mol. The molecule has 0 atom stereocenters. The third-order valence-corrected chi connectivity index (χ3v) is 2.54. The number of nitrogens with one attached hydrogen (secondary N) is 1. The van der Waals surface area contributed by atoms with Crippen LogP contribution in [-0.4, -0.2) is 48.7 Å². The van der Waals surface area contributed by atoms with Gasteiger partial charge in [-0.25, -0.2) is 0 Å². The van der Waals surface area contributed by atoms with Gasteiger partial charge >= 0.3 is 0 Å². The van der Waals surface area contributed by atoms with Crippen LogP contribution in [0.25, 0.3) is 0 Å². The highest BCUT2D eigenvalue weighted by Gasteiger charge is 2.48. The number of carbonyl (C=O) groups excluding carboxylic acids is 1. The van der Waals surface area contributed by atoms with E-state index in [0.29, 0.717) is 5.41 Å². The summed E-state index contributed by atoms with van der Waals surface area (Å²) in [5.41, 5.74) is 0.380. The van der Waals surface area contributed by atoms with E-state index < -0.39 is 0 Å². The fraction of sp³-hybridized carbons (Fsp3) is 0.857. The van der Waals surface area contributed by atoms with Crippen LogP contribution in [0, 0.1) is 5.41 Å². The maximum atomic E-state index is 10.9. The molecule has 4 heteroatoms. The van der Waals surface area contributed by atoms with E-state index in [2.05, 4.69) is 5.32 Å².